The van der Waals surface area contributed by atoms with Gasteiger partial charge in [0.15, 0.2) is 5.96 Å². The molecule has 72 valence electrons. The van der Waals surface area contributed by atoms with Crippen molar-refractivity contribution in [2.45, 2.75) is 19.8 Å². The molecule has 0 heterocycles. The van der Waals surface area contributed by atoms with Crippen molar-refractivity contribution in [3.63, 3.8) is 0 Å². The number of guanidine groups is 1. The van der Waals surface area contributed by atoms with Gasteiger partial charge in [0.05, 0.1) is 0 Å². The number of aliphatic imine (C=N–C) groups is 1. The zero-order valence-electron chi connectivity index (χ0n) is 7.97. The van der Waals surface area contributed by atoms with Crippen LogP contribution in [-0.2, 0) is 4.74 Å². The normalized spacial score (nSPS) is 11.7. The Morgan fingerprint density at radius 1 is 1.50 bits per heavy atom. The number of hydrogen-bond donors (Lipinski definition) is 2. The van der Waals surface area contributed by atoms with Crippen LogP contribution in [0.4, 0.5) is 0 Å². The molecular weight excluding hydrogens is 154 g/mol. The molecule has 3 N–H and O–H groups in total. The Labute approximate surface area is 74.2 Å². The maximum absolute atomic E-state index is 5.41. The fraction of sp³-hybridized carbons (Fsp3) is 0.875. The highest BCUT2D eigenvalue weighted by Crippen LogP contribution is 1.83. The van der Waals surface area contributed by atoms with E-state index < -0.39 is 0 Å². The molecule has 0 spiro atoms. The molecule has 0 bridgehead atoms. The summed E-state index contributed by atoms with van der Waals surface area (Å²) < 4.78 is 5.28. The van der Waals surface area contributed by atoms with Gasteiger partial charge >= 0.3 is 0 Å². The highest BCUT2D eigenvalue weighted by molar-refractivity contribution is 5.77. The van der Waals surface area contributed by atoms with E-state index in [-0.39, 0.29) is 0 Å². The topological polar surface area (TPSA) is 59.6 Å². The van der Waals surface area contributed by atoms with E-state index in [0.29, 0.717) is 5.96 Å². The number of ether oxygens (including phenoxy) is 1. The van der Waals surface area contributed by atoms with Gasteiger partial charge in [0.1, 0.15) is 0 Å². The Bertz CT molecular complexity index is 125. The van der Waals surface area contributed by atoms with Crippen LogP contribution >= 0.6 is 0 Å². The maximum Gasteiger partial charge on any atom is 0.188 e. The molecule has 0 atom stereocenters. The summed E-state index contributed by atoms with van der Waals surface area (Å²) in [5.41, 5.74) is 5.41. The second-order valence-electron chi connectivity index (χ2n) is 2.50. The van der Waals surface area contributed by atoms with E-state index in [4.69, 9.17) is 10.5 Å². The van der Waals surface area contributed by atoms with Crippen molar-refractivity contribution in [2.75, 3.05) is 26.8 Å². The molecule has 4 nitrogen and oxygen atoms in total. The predicted molar refractivity (Wildman–Crippen MR) is 51.3 cm³/mol. The van der Waals surface area contributed by atoms with E-state index in [1.165, 1.54) is 0 Å². The Balaban J connectivity index is 3.00. The van der Waals surface area contributed by atoms with Gasteiger partial charge in [-0.25, -0.2) is 0 Å². The van der Waals surface area contributed by atoms with Gasteiger partial charge in [-0.2, -0.15) is 0 Å². The summed E-state index contributed by atoms with van der Waals surface area (Å²) in [4.78, 5) is 3.76. The van der Waals surface area contributed by atoms with Crippen molar-refractivity contribution in [3.8, 4) is 0 Å². The van der Waals surface area contributed by atoms with Gasteiger partial charge in [-0.3, -0.25) is 4.99 Å². The number of nitrogens with zero attached hydrogens (tertiary/aromatic N) is 1. The van der Waals surface area contributed by atoms with E-state index in [9.17, 15) is 0 Å². The SMILES string of the molecule is CCCOCCCNC(N)=NC. The summed E-state index contributed by atoms with van der Waals surface area (Å²) in [5, 5.41) is 2.96. The summed E-state index contributed by atoms with van der Waals surface area (Å²) in [7, 11) is 1.66. The van der Waals surface area contributed by atoms with Gasteiger partial charge in [-0.1, -0.05) is 6.92 Å². The zero-order chi connectivity index (χ0) is 9.23. The quantitative estimate of drug-likeness (QED) is 0.346. The molecule has 0 radical (unpaired) electrons. The van der Waals surface area contributed by atoms with Gasteiger partial charge in [-0.15, -0.1) is 0 Å². The average molecular weight is 173 g/mol. The summed E-state index contributed by atoms with van der Waals surface area (Å²) in [6, 6.07) is 0. The Kier molecular flexibility index (Phi) is 7.79. The largest absolute Gasteiger partial charge is 0.381 e. The predicted octanol–water partition coefficient (Wildman–Crippen LogP) is 0.337. The molecule has 0 amide bonds. The highest BCUT2D eigenvalue weighted by atomic mass is 16.5. The van der Waals surface area contributed by atoms with Crippen LogP contribution in [0.3, 0.4) is 0 Å². The number of hydrogen-bond acceptors (Lipinski definition) is 2. The summed E-state index contributed by atoms with van der Waals surface area (Å²) >= 11 is 0. The lowest BCUT2D eigenvalue weighted by Crippen LogP contribution is -2.32. The lowest BCUT2D eigenvalue weighted by molar-refractivity contribution is 0.133. The van der Waals surface area contributed by atoms with Crippen LogP contribution in [0.15, 0.2) is 4.99 Å². The molecule has 12 heavy (non-hydrogen) atoms. The lowest BCUT2D eigenvalue weighted by Gasteiger charge is -2.04. The number of nitrogens with one attached hydrogen (secondary N) is 1. The van der Waals surface area contributed by atoms with Crippen molar-refractivity contribution < 1.29 is 4.74 Å². The molecule has 0 aromatic heterocycles. The summed E-state index contributed by atoms with van der Waals surface area (Å²) in [6.45, 7) is 4.56. The van der Waals surface area contributed by atoms with Crippen LogP contribution < -0.4 is 11.1 Å². The first-order chi connectivity index (χ1) is 5.81. The fourth-order valence-electron chi connectivity index (χ4n) is 0.716. The minimum atomic E-state index is 0.491. The molecule has 0 fully saturated rings. The molecule has 0 aliphatic heterocycles. The van der Waals surface area contributed by atoms with E-state index in [0.717, 1.165) is 32.6 Å². The first kappa shape index (κ1) is 11.2. The van der Waals surface area contributed by atoms with Crippen molar-refractivity contribution >= 4 is 5.96 Å². The lowest BCUT2D eigenvalue weighted by atomic mass is 10.4. The highest BCUT2D eigenvalue weighted by Gasteiger charge is 1.89. The molecular formula is C8H19N3O. The molecule has 0 aliphatic rings. The molecule has 0 rings (SSSR count). The minimum absolute atomic E-state index is 0.491. The van der Waals surface area contributed by atoms with Gasteiger partial charge in [0, 0.05) is 26.8 Å². The fourth-order valence-corrected chi connectivity index (χ4v) is 0.716. The molecule has 0 aromatic rings. The number of nitrogens with two attached hydrogens (primary N) is 1. The van der Waals surface area contributed by atoms with Crippen LogP contribution in [0, 0.1) is 0 Å². The average Bonchev–Trinajstić information content (AvgIpc) is 2.10. The van der Waals surface area contributed by atoms with E-state index in [1.807, 2.05) is 0 Å². The molecule has 0 saturated heterocycles. The minimum Gasteiger partial charge on any atom is -0.381 e. The number of rotatable bonds is 6. The van der Waals surface area contributed by atoms with E-state index in [2.05, 4.69) is 17.2 Å². The van der Waals surface area contributed by atoms with Crippen LogP contribution in [0.5, 0.6) is 0 Å². The smallest absolute Gasteiger partial charge is 0.188 e. The standard InChI is InChI=1S/C8H19N3O/c1-3-6-12-7-4-5-11-8(9)10-2/h3-7H2,1-2H3,(H3,9,10,11). The van der Waals surface area contributed by atoms with Gasteiger partial charge in [0.2, 0.25) is 0 Å². The zero-order valence-corrected chi connectivity index (χ0v) is 7.97. The molecule has 0 unspecified atom stereocenters. The van der Waals surface area contributed by atoms with Crippen molar-refractivity contribution in [3.05, 3.63) is 0 Å². The summed E-state index contributed by atoms with van der Waals surface area (Å²) in [6.07, 6.45) is 2.04. The Hall–Kier alpha value is -0.770. The van der Waals surface area contributed by atoms with E-state index >= 15 is 0 Å². The van der Waals surface area contributed by atoms with Gasteiger partial charge in [0.25, 0.3) is 0 Å². The second-order valence-corrected chi connectivity index (χ2v) is 2.50. The first-order valence-electron chi connectivity index (χ1n) is 4.35. The van der Waals surface area contributed by atoms with Gasteiger partial charge in [-0.05, 0) is 12.8 Å². The molecule has 0 aliphatic carbocycles. The summed E-state index contributed by atoms with van der Waals surface area (Å²) in [5.74, 6) is 0.491. The van der Waals surface area contributed by atoms with Gasteiger partial charge < -0.3 is 15.8 Å². The Morgan fingerprint density at radius 3 is 2.83 bits per heavy atom. The third-order valence-corrected chi connectivity index (χ3v) is 1.36. The van der Waals surface area contributed by atoms with E-state index in [1.54, 1.807) is 7.05 Å². The van der Waals surface area contributed by atoms with Crippen LogP contribution in [0.2, 0.25) is 0 Å². The monoisotopic (exact) mass is 173 g/mol. The van der Waals surface area contributed by atoms with Crippen molar-refractivity contribution in [2.24, 2.45) is 10.7 Å². The Morgan fingerprint density at radius 2 is 2.25 bits per heavy atom. The third-order valence-electron chi connectivity index (χ3n) is 1.36. The van der Waals surface area contributed by atoms with Crippen molar-refractivity contribution in [1.29, 1.82) is 0 Å². The maximum atomic E-state index is 5.41. The van der Waals surface area contributed by atoms with Crippen LogP contribution in [0.1, 0.15) is 19.8 Å². The molecule has 0 saturated carbocycles. The molecule has 0 aromatic carbocycles. The van der Waals surface area contributed by atoms with Crippen LogP contribution in [0.25, 0.3) is 0 Å². The second kappa shape index (κ2) is 8.33. The van der Waals surface area contributed by atoms with Crippen molar-refractivity contribution in [1.82, 2.24) is 5.32 Å². The van der Waals surface area contributed by atoms with Crippen LogP contribution in [-0.4, -0.2) is 32.8 Å². The third kappa shape index (κ3) is 7.34. The molecule has 4 heteroatoms. The first-order valence-corrected chi connectivity index (χ1v) is 4.35.